The summed E-state index contributed by atoms with van der Waals surface area (Å²) in [6.45, 7) is 9.39. The molecule has 0 spiro atoms. The molecule has 3 aromatic carbocycles. The molecule has 0 aliphatic carbocycles. The predicted octanol–water partition coefficient (Wildman–Crippen LogP) is 5.25. The van der Waals surface area contributed by atoms with E-state index in [4.69, 9.17) is 0 Å². The van der Waals surface area contributed by atoms with Gasteiger partial charge in [-0.2, -0.15) is 4.31 Å². The van der Waals surface area contributed by atoms with E-state index in [9.17, 15) is 13.2 Å². The minimum atomic E-state index is -3.90. The van der Waals surface area contributed by atoms with Crippen LogP contribution in [0.5, 0.6) is 0 Å². The number of rotatable bonds is 10. The van der Waals surface area contributed by atoms with Crippen molar-refractivity contribution < 1.29 is 13.2 Å². The number of carbonyl (C=O) groups is 1. The van der Waals surface area contributed by atoms with E-state index >= 15 is 0 Å². The number of hydrogen-bond donors (Lipinski definition) is 1. The first-order chi connectivity index (χ1) is 16.6. The molecular formula is C29H36N2O3S. The van der Waals surface area contributed by atoms with Crippen molar-refractivity contribution in [3.63, 3.8) is 0 Å². The smallest absolute Gasteiger partial charge is 0.244 e. The van der Waals surface area contributed by atoms with Crippen molar-refractivity contribution in [1.82, 2.24) is 9.62 Å². The van der Waals surface area contributed by atoms with Crippen LogP contribution in [0.4, 0.5) is 0 Å². The lowest BCUT2D eigenvalue weighted by Gasteiger charge is -2.25. The molecule has 1 amide bonds. The standard InChI is InChI=1S/C29H36N2O3S/c1-21-11-14-27(15-12-21)19-31(35(33,34)29-23(3)17-22(2)18-24(29)4)20-28(32)30-25(5)13-16-26-9-7-6-8-10-26/h6-12,14-15,17-18,25H,13,16,19-20H2,1-5H3,(H,30,32)/t25-/m0/s1. The van der Waals surface area contributed by atoms with Crippen LogP contribution in [0.1, 0.15) is 46.7 Å². The first-order valence-electron chi connectivity index (χ1n) is 12.0. The lowest BCUT2D eigenvalue weighted by Crippen LogP contribution is -2.43. The van der Waals surface area contributed by atoms with Crippen LogP contribution in [0.3, 0.4) is 0 Å². The topological polar surface area (TPSA) is 66.5 Å². The van der Waals surface area contributed by atoms with Gasteiger partial charge in [0.15, 0.2) is 0 Å². The number of amides is 1. The summed E-state index contributed by atoms with van der Waals surface area (Å²) in [7, 11) is -3.90. The van der Waals surface area contributed by atoms with Gasteiger partial charge in [-0.1, -0.05) is 77.9 Å². The molecule has 3 rings (SSSR count). The number of carbonyl (C=O) groups excluding carboxylic acids is 1. The van der Waals surface area contributed by atoms with Gasteiger partial charge in [-0.3, -0.25) is 4.79 Å². The maximum Gasteiger partial charge on any atom is 0.244 e. The van der Waals surface area contributed by atoms with Crippen molar-refractivity contribution in [3.8, 4) is 0 Å². The van der Waals surface area contributed by atoms with Crippen LogP contribution in [0, 0.1) is 27.7 Å². The summed E-state index contributed by atoms with van der Waals surface area (Å²) < 4.78 is 29.0. The van der Waals surface area contributed by atoms with Gasteiger partial charge < -0.3 is 5.32 Å². The molecule has 6 heteroatoms. The molecule has 0 bridgehead atoms. The molecule has 0 aromatic heterocycles. The molecule has 0 radical (unpaired) electrons. The van der Waals surface area contributed by atoms with E-state index in [-0.39, 0.29) is 29.9 Å². The van der Waals surface area contributed by atoms with Gasteiger partial charge in [-0.25, -0.2) is 8.42 Å². The molecule has 0 saturated heterocycles. The van der Waals surface area contributed by atoms with E-state index in [1.807, 2.05) is 89.2 Å². The van der Waals surface area contributed by atoms with E-state index in [0.29, 0.717) is 11.1 Å². The Kier molecular flexibility index (Phi) is 8.87. The van der Waals surface area contributed by atoms with Gasteiger partial charge in [-0.05, 0) is 69.7 Å². The zero-order valence-corrected chi connectivity index (χ0v) is 22.2. The average Bonchev–Trinajstić information content (AvgIpc) is 2.78. The number of benzene rings is 3. The summed E-state index contributed by atoms with van der Waals surface area (Å²) in [5.41, 5.74) is 5.53. The molecule has 35 heavy (non-hydrogen) atoms. The normalized spacial score (nSPS) is 12.5. The second-order valence-corrected chi connectivity index (χ2v) is 11.4. The van der Waals surface area contributed by atoms with Crippen LogP contribution in [0.15, 0.2) is 71.6 Å². The highest BCUT2D eigenvalue weighted by atomic mass is 32.2. The van der Waals surface area contributed by atoms with E-state index in [0.717, 1.165) is 29.5 Å². The number of aryl methyl sites for hydroxylation is 5. The molecule has 1 atom stereocenters. The van der Waals surface area contributed by atoms with Gasteiger partial charge in [0.2, 0.25) is 15.9 Å². The molecule has 0 unspecified atom stereocenters. The highest BCUT2D eigenvalue weighted by Crippen LogP contribution is 2.26. The zero-order valence-electron chi connectivity index (χ0n) is 21.3. The molecule has 186 valence electrons. The summed E-state index contributed by atoms with van der Waals surface area (Å²) >= 11 is 0. The lowest BCUT2D eigenvalue weighted by atomic mass is 10.1. The van der Waals surface area contributed by atoms with Crippen molar-refractivity contribution in [1.29, 1.82) is 0 Å². The van der Waals surface area contributed by atoms with E-state index in [1.165, 1.54) is 9.87 Å². The third-order valence-electron chi connectivity index (χ3n) is 6.12. The van der Waals surface area contributed by atoms with Crippen LogP contribution in [0.25, 0.3) is 0 Å². The van der Waals surface area contributed by atoms with Gasteiger partial charge in [0.05, 0.1) is 11.4 Å². The molecule has 0 heterocycles. The van der Waals surface area contributed by atoms with E-state index in [1.54, 1.807) is 0 Å². The maximum absolute atomic E-state index is 13.8. The van der Waals surface area contributed by atoms with Gasteiger partial charge in [0.1, 0.15) is 0 Å². The highest BCUT2D eigenvalue weighted by Gasteiger charge is 2.30. The lowest BCUT2D eigenvalue weighted by molar-refractivity contribution is -0.122. The summed E-state index contributed by atoms with van der Waals surface area (Å²) in [6, 6.07) is 21.5. The van der Waals surface area contributed by atoms with Gasteiger partial charge in [-0.15, -0.1) is 0 Å². The molecule has 0 saturated carbocycles. The number of nitrogens with zero attached hydrogens (tertiary/aromatic N) is 1. The summed E-state index contributed by atoms with van der Waals surface area (Å²) in [5, 5.41) is 2.99. The minimum Gasteiger partial charge on any atom is -0.352 e. The van der Waals surface area contributed by atoms with Crippen LogP contribution in [0.2, 0.25) is 0 Å². The summed E-state index contributed by atoms with van der Waals surface area (Å²) in [6.07, 6.45) is 1.62. The van der Waals surface area contributed by atoms with Crippen molar-refractivity contribution in [3.05, 3.63) is 100 Å². The molecule has 0 fully saturated rings. The number of nitrogens with one attached hydrogen (secondary N) is 1. The first kappa shape index (κ1) is 26.6. The Morgan fingerprint density at radius 1 is 0.857 bits per heavy atom. The second-order valence-electron chi connectivity index (χ2n) is 9.48. The third-order valence-corrected chi connectivity index (χ3v) is 8.22. The van der Waals surface area contributed by atoms with Crippen LogP contribution in [-0.2, 0) is 27.8 Å². The van der Waals surface area contributed by atoms with Gasteiger partial charge >= 0.3 is 0 Å². The third kappa shape index (κ3) is 7.26. The Hall–Kier alpha value is -2.96. The highest BCUT2D eigenvalue weighted by molar-refractivity contribution is 7.89. The quantitative estimate of drug-likeness (QED) is 0.420. The Labute approximate surface area is 210 Å². The Balaban J connectivity index is 1.80. The number of sulfonamides is 1. The summed E-state index contributed by atoms with van der Waals surface area (Å²) in [4.78, 5) is 13.3. The van der Waals surface area contributed by atoms with Gasteiger partial charge in [0.25, 0.3) is 0 Å². The molecule has 1 N–H and O–H groups in total. The Bertz CT molecular complexity index is 1230. The maximum atomic E-state index is 13.8. The zero-order chi connectivity index (χ0) is 25.6. The first-order valence-corrected chi connectivity index (χ1v) is 13.5. The van der Waals surface area contributed by atoms with Crippen molar-refractivity contribution in [2.24, 2.45) is 0 Å². The SMILES string of the molecule is Cc1ccc(CN(CC(=O)N[C@@H](C)CCc2ccccc2)S(=O)(=O)c2c(C)cc(C)cc2C)cc1. The van der Waals surface area contributed by atoms with Crippen LogP contribution < -0.4 is 5.32 Å². The van der Waals surface area contributed by atoms with Crippen molar-refractivity contribution in [2.75, 3.05) is 6.54 Å². The van der Waals surface area contributed by atoms with E-state index < -0.39 is 10.0 Å². The Morgan fingerprint density at radius 3 is 2.06 bits per heavy atom. The molecule has 3 aromatic rings. The Morgan fingerprint density at radius 2 is 1.46 bits per heavy atom. The van der Waals surface area contributed by atoms with Crippen LogP contribution in [-0.4, -0.2) is 31.2 Å². The largest absolute Gasteiger partial charge is 0.352 e. The van der Waals surface area contributed by atoms with E-state index in [2.05, 4.69) is 17.4 Å². The molecule has 0 aliphatic heterocycles. The predicted molar refractivity (Wildman–Crippen MR) is 142 cm³/mol. The second kappa shape index (κ2) is 11.6. The summed E-state index contributed by atoms with van der Waals surface area (Å²) in [5.74, 6) is -0.302. The molecular weight excluding hydrogens is 456 g/mol. The fourth-order valence-corrected chi connectivity index (χ4v) is 6.20. The number of hydrogen-bond acceptors (Lipinski definition) is 3. The average molecular weight is 493 g/mol. The fourth-order valence-electron chi connectivity index (χ4n) is 4.41. The minimum absolute atomic E-state index is 0.0746. The van der Waals surface area contributed by atoms with Crippen molar-refractivity contribution in [2.45, 2.75) is 64.9 Å². The van der Waals surface area contributed by atoms with Gasteiger partial charge in [0, 0.05) is 12.6 Å². The van der Waals surface area contributed by atoms with Crippen molar-refractivity contribution >= 4 is 15.9 Å². The molecule has 5 nitrogen and oxygen atoms in total. The monoisotopic (exact) mass is 492 g/mol. The van der Waals surface area contributed by atoms with Crippen LogP contribution >= 0.6 is 0 Å². The fraction of sp³-hybridized carbons (Fsp3) is 0.345. The molecule has 0 aliphatic rings.